The van der Waals surface area contributed by atoms with Crippen molar-refractivity contribution in [3.63, 3.8) is 0 Å². The first-order valence-corrected chi connectivity index (χ1v) is 9.68. The zero-order valence-corrected chi connectivity index (χ0v) is 14.6. The number of sulfonamides is 1. The normalized spacial score (nSPS) is 12.1. The molecule has 0 saturated carbocycles. The third-order valence-electron chi connectivity index (χ3n) is 3.15. The minimum Gasteiger partial charge on any atom is -0.215 e. The van der Waals surface area contributed by atoms with Crippen LogP contribution < -0.4 is 4.72 Å². The Morgan fingerprint density at radius 2 is 2.09 bits per heavy atom. The molecular formula is C13H14ClN5O2S2. The molecule has 0 fully saturated rings. The van der Waals surface area contributed by atoms with E-state index in [9.17, 15) is 8.42 Å². The van der Waals surface area contributed by atoms with Crippen LogP contribution in [-0.2, 0) is 22.2 Å². The molecule has 0 saturated heterocycles. The monoisotopic (exact) mass is 371 g/mol. The summed E-state index contributed by atoms with van der Waals surface area (Å²) in [6.07, 6.45) is 0.495. The van der Waals surface area contributed by atoms with E-state index in [1.165, 1.54) is 11.3 Å². The molecule has 23 heavy (non-hydrogen) atoms. The van der Waals surface area contributed by atoms with Crippen LogP contribution in [0.25, 0.3) is 4.96 Å². The van der Waals surface area contributed by atoms with Crippen molar-refractivity contribution in [1.29, 1.82) is 0 Å². The number of aryl methyl sites for hydroxylation is 1. The van der Waals surface area contributed by atoms with Gasteiger partial charge in [0.05, 0.1) is 5.75 Å². The average Bonchev–Trinajstić information content (AvgIpc) is 3.03. The molecule has 0 aliphatic heterocycles. The predicted molar refractivity (Wildman–Crippen MR) is 89.2 cm³/mol. The zero-order valence-electron chi connectivity index (χ0n) is 12.2. The summed E-state index contributed by atoms with van der Waals surface area (Å²) in [5.41, 5.74) is 0.580. The first-order chi connectivity index (χ1) is 10.9. The molecule has 1 N–H and O–H groups in total. The summed E-state index contributed by atoms with van der Waals surface area (Å²) in [6, 6.07) is 6.90. The Bertz CT molecular complexity index is 935. The SMILES string of the molecule is Cc1nnc2sc(CCNS(=O)(=O)Cc3ccccc3Cl)nn12. The second-order valence-electron chi connectivity index (χ2n) is 4.93. The molecule has 1 aromatic carbocycles. The highest BCUT2D eigenvalue weighted by atomic mass is 35.5. The maximum absolute atomic E-state index is 12.1. The third-order valence-corrected chi connectivity index (χ3v) is 5.82. The number of halogens is 1. The Balaban J connectivity index is 1.59. The molecule has 0 radical (unpaired) electrons. The van der Waals surface area contributed by atoms with E-state index in [-0.39, 0.29) is 12.3 Å². The number of hydrogen-bond acceptors (Lipinski definition) is 6. The van der Waals surface area contributed by atoms with Crippen molar-refractivity contribution in [1.82, 2.24) is 24.5 Å². The molecule has 2 heterocycles. The zero-order chi connectivity index (χ0) is 16.4. The molecule has 10 heteroatoms. The van der Waals surface area contributed by atoms with Crippen molar-refractivity contribution < 1.29 is 8.42 Å². The molecule has 0 atom stereocenters. The minimum absolute atomic E-state index is 0.142. The highest BCUT2D eigenvalue weighted by Gasteiger charge is 2.14. The molecule has 7 nitrogen and oxygen atoms in total. The molecule has 0 aliphatic rings. The predicted octanol–water partition coefficient (Wildman–Crippen LogP) is 1.81. The van der Waals surface area contributed by atoms with Gasteiger partial charge in [0, 0.05) is 18.0 Å². The van der Waals surface area contributed by atoms with Gasteiger partial charge in [0.25, 0.3) is 0 Å². The summed E-state index contributed by atoms with van der Waals surface area (Å²) in [4.78, 5) is 0.705. The summed E-state index contributed by atoms with van der Waals surface area (Å²) in [7, 11) is -3.44. The average molecular weight is 372 g/mol. The van der Waals surface area contributed by atoms with Crippen molar-refractivity contribution >= 4 is 37.9 Å². The smallest absolute Gasteiger partial charge is 0.215 e. The van der Waals surface area contributed by atoms with Gasteiger partial charge in [-0.05, 0) is 18.6 Å². The van der Waals surface area contributed by atoms with Crippen molar-refractivity contribution in [2.45, 2.75) is 19.1 Å². The fraction of sp³-hybridized carbons (Fsp3) is 0.308. The number of rotatable bonds is 6. The second-order valence-corrected chi connectivity index (χ2v) is 8.19. The summed E-state index contributed by atoms with van der Waals surface area (Å²) in [5, 5.41) is 13.5. The number of nitrogens with one attached hydrogen (secondary N) is 1. The second kappa shape index (κ2) is 6.52. The summed E-state index contributed by atoms with van der Waals surface area (Å²) in [6.45, 7) is 2.09. The summed E-state index contributed by atoms with van der Waals surface area (Å²) < 4.78 is 28.4. The molecule has 3 rings (SSSR count). The van der Waals surface area contributed by atoms with E-state index in [1.54, 1.807) is 28.8 Å². The molecule has 0 bridgehead atoms. The number of aromatic nitrogens is 4. The molecule has 0 unspecified atom stereocenters. The molecular weight excluding hydrogens is 358 g/mol. The minimum atomic E-state index is -3.44. The molecule has 122 valence electrons. The lowest BCUT2D eigenvalue weighted by Crippen LogP contribution is -2.27. The van der Waals surface area contributed by atoms with Gasteiger partial charge in [-0.2, -0.15) is 9.61 Å². The molecule has 0 aliphatic carbocycles. The topological polar surface area (TPSA) is 89.2 Å². The van der Waals surface area contributed by atoms with E-state index >= 15 is 0 Å². The highest BCUT2D eigenvalue weighted by Crippen LogP contribution is 2.17. The van der Waals surface area contributed by atoms with Crippen molar-refractivity contribution in [3.05, 3.63) is 45.7 Å². The van der Waals surface area contributed by atoms with Crippen LogP contribution in [0.2, 0.25) is 5.02 Å². The third kappa shape index (κ3) is 3.86. The van der Waals surface area contributed by atoms with Crippen LogP contribution in [0.1, 0.15) is 16.4 Å². The van der Waals surface area contributed by atoms with Crippen LogP contribution in [0, 0.1) is 6.92 Å². The Labute approximate surface area is 142 Å². The van der Waals surface area contributed by atoms with Crippen molar-refractivity contribution in [2.75, 3.05) is 6.54 Å². The van der Waals surface area contributed by atoms with E-state index in [0.29, 0.717) is 27.8 Å². The van der Waals surface area contributed by atoms with E-state index in [0.717, 1.165) is 5.01 Å². The van der Waals surface area contributed by atoms with E-state index in [2.05, 4.69) is 20.0 Å². The number of benzene rings is 1. The largest absolute Gasteiger partial charge is 0.234 e. The number of nitrogens with zero attached hydrogens (tertiary/aromatic N) is 4. The molecule has 0 amide bonds. The van der Waals surface area contributed by atoms with Gasteiger partial charge in [-0.1, -0.05) is 41.1 Å². The van der Waals surface area contributed by atoms with E-state index in [1.807, 2.05) is 6.92 Å². The van der Waals surface area contributed by atoms with Crippen molar-refractivity contribution in [3.8, 4) is 0 Å². The number of fused-ring (bicyclic) bond motifs is 1. The van der Waals surface area contributed by atoms with Gasteiger partial charge >= 0.3 is 0 Å². The lowest BCUT2D eigenvalue weighted by atomic mass is 10.2. The van der Waals surface area contributed by atoms with Crippen LogP contribution in [0.3, 0.4) is 0 Å². The lowest BCUT2D eigenvalue weighted by Gasteiger charge is -2.07. The van der Waals surface area contributed by atoms with Crippen molar-refractivity contribution in [2.24, 2.45) is 0 Å². The van der Waals surface area contributed by atoms with Gasteiger partial charge in [0.2, 0.25) is 15.0 Å². The Morgan fingerprint density at radius 3 is 2.83 bits per heavy atom. The van der Waals surface area contributed by atoms with Gasteiger partial charge in [0.15, 0.2) is 5.82 Å². The maximum Gasteiger partial charge on any atom is 0.234 e. The maximum atomic E-state index is 12.1. The number of hydrogen-bond donors (Lipinski definition) is 1. The van der Waals surface area contributed by atoms with Gasteiger partial charge in [-0.25, -0.2) is 13.1 Å². The summed E-state index contributed by atoms with van der Waals surface area (Å²) >= 11 is 7.39. The van der Waals surface area contributed by atoms with Gasteiger partial charge in [0.1, 0.15) is 5.01 Å². The lowest BCUT2D eigenvalue weighted by molar-refractivity contribution is 0.580. The highest BCUT2D eigenvalue weighted by molar-refractivity contribution is 7.88. The van der Waals surface area contributed by atoms with E-state index in [4.69, 9.17) is 11.6 Å². The van der Waals surface area contributed by atoms with Crippen LogP contribution in [0.15, 0.2) is 24.3 Å². The van der Waals surface area contributed by atoms with Gasteiger partial charge < -0.3 is 0 Å². The van der Waals surface area contributed by atoms with Gasteiger partial charge in [-0.3, -0.25) is 0 Å². The van der Waals surface area contributed by atoms with Crippen LogP contribution in [0.5, 0.6) is 0 Å². The van der Waals surface area contributed by atoms with Gasteiger partial charge in [-0.15, -0.1) is 10.2 Å². The standard InChI is InChI=1S/C13H14ClN5O2S2/c1-9-16-17-13-19(9)18-12(22-13)6-7-15-23(20,21)8-10-4-2-3-5-11(10)14/h2-5,15H,6-8H2,1H3. The first-order valence-electron chi connectivity index (χ1n) is 6.83. The Hall–Kier alpha value is -1.55. The first kappa shape index (κ1) is 16.3. The molecule has 0 spiro atoms. The van der Waals surface area contributed by atoms with E-state index < -0.39 is 10.0 Å². The van der Waals surface area contributed by atoms with Crippen LogP contribution in [-0.4, -0.2) is 34.8 Å². The van der Waals surface area contributed by atoms with Crippen LogP contribution in [0.4, 0.5) is 0 Å². The Morgan fingerprint density at radius 1 is 1.30 bits per heavy atom. The fourth-order valence-corrected chi connectivity index (χ4v) is 4.38. The fourth-order valence-electron chi connectivity index (χ4n) is 2.04. The molecule has 2 aromatic heterocycles. The quantitative estimate of drug-likeness (QED) is 0.713. The van der Waals surface area contributed by atoms with Crippen LogP contribution >= 0.6 is 22.9 Å². The molecule has 3 aromatic rings. The summed E-state index contributed by atoms with van der Waals surface area (Å²) in [5.74, 6) is 0.568. The Kier molecular flexibility index (Phi) is 4.62.